The van der Waals surface area contributed by atoms with Gasteiger partial charge in [0.1, 0.15) is 22.5 Å². The van der Waals surface area contributed by atoms with E-state index in [4.69, 9.17) is 19.5 Å². The number of terminal acetylenes is 1. The Morgan fingerprint density at radius 2 is 1.51 bits per heavy atom. The molecule has 2 bridgehead atoms. The first-order valence-corrected chi connectivity index (χ1v) is 21.8. The van der Waals surface area contributed by atoms with Crippen molar-refractivity contribution in [2.24, 2.45) is 33.7 Å². The van der Waals surface area contributed by atoms with Crippen LogP contribution in [0.4, 0.5) is 5.69 Å². The predicted octanol–water partition coefficient (Wildman–Crippen LogP) is 7.93. The number of aliphatic hydroxyl groups excluding tert-OH is 1. The van der Waals surface area contributed by atoms with Gasteiger partial charge < -0.3 is 40.1 Å². The SMILES string of the molecule is C#C.CC.CC.COc1c(C)c(O)c2c(O)c3c4c(c2c1C(=O)C/C=C/C[C@@H](C)C(O)[C@H](C)C(OC(C)(C)O)C(C)CC(C)/C=C/C=C(/C)C(=O)N3)=NC1(CCN(C)CC1)N=4. The zero-order valence-electron chi connectivity index (χ0n) is 39.2. The van der Waals surface area contributed by atoms with Crippen molar-refractivity contribution in [2.45, 2.75) is 139 Å². The number of phenols is 2. The van der Waals surface area contributed by atoms with Crippen molar-refractivity contribution in [3.8, 4) is 30.1 Å². The average Bonchev–Trinajstić information content (AvgIpc) is 3.61. The van der Waals surface area contributed by atoms with Crippen molar-refractivity contribution in [3.05, 3.63) is 57.8 Å². The molecule has 5 N–H and O–H groups in total. The molecule has 61 heavy (non-hydrogen) atoms. The molecule has 2 aromatic carbocycles. The fourth-order valence-electron chi connectivity index (χ4n) is 8.29. The summed E-state index contributed by atoms with van der Waals surface area (Å²) in [5, 5.41) is 49.5. The molecule has 5 rings (SSSR count). The lowest BCUT2D eigenvalue weighted by Gasteiger charge is -2.38. The average molecular weight is 847 g/mol. The molecule has 2 aromatic rings. The maximum Gasteiger partial charge on any atom is 0.251 e. The van der Waals surface area contributed by atoms with Gasteiger partial charge in [-0.25, -0.2) is 0 Å². The third-order valence-electron chi connectivity index (χ3n) is 11.5. The van der Waals surface area contributed by atoms with Crippen LogP contribution in [-0.2, 0) is 9.53 Å². The molecule has 338 valence electrons. The topological polar surface area (TPSA) is 174 Å². The van der Waals surface area contributed by atoms with Gasteiger partial charge in [0.2, 0.25) is 0 Å². The summed E-state index contributed by atoms with van der Waals surface area (Å²) in [5.41, 5.74) is -0.0925. The Labute approximate surface area is 364 Å². The maximum absolute atomic E-state index is 14.4. The van der Waals surface area contributed by atoms with E-state index in [-0.39, 0.29) is 80.3 Å². The number of benzene rings is 2. The second-order valence-electron chi connectivity index (χ2n) is 16.6. The van der Waals surface area contributed by atoms with Crippen LogP contribution in [0.3, 0.4) is 0 Å². The highest BCUT2D eigenvalue weighted by Crippen LogP contribution is 2.45. The third kappa shape index (κ3) is 12.3. The standard InChI is InChI=1S/C43H60N4O8.2C2H6.C2H2/c1-23-14-13-16-25(3)41(52)44-35-34-33(45-43(46-34)18-20-47(9)21-19-43)31-30(40(54-10)28(6)37(50)32(31)38(35)51)29(48)17-12-11-15-24(2)36(49)27(5)39(26(4)22-23)55-42(7,8)53;3*1-2/h11-14,16,23-24,26-27,36,39,49-51,53H,15,17-22H2,1-10H3,(H,44,52);2*1-2H3;1-2H/b12-11+,14-13+,25-16-;;;/t23?,24-,26?,27+,36?,39?;;;/m1.../s1. The van der Waals surface area contributed by atoms with Crippen molar-refractivity contribution in [3.63, 3.8) is 0 Å². The van der Waals surface area contributed by atoms with Gasteiger partial charge in [0.05, 0.1) is 35.6 Å². The number of aromatic hydroxyl groups is 2. The van der Waals surface area contributed by atoms with Crippen molar-refractivity contribution < 1.29 is 39.5 Å². The zero-order valence-corrected chi connectivity index (χ0v) is 39.2. The number of amides is 1. The van der Waals surface area contributed by atoms with Crippen LogP contribution in [0.2, 0.25) is 0 Å². The molecule has 12 nitrogen and oxygen atoms in total. The minimum Gasteiger partial charge on any atom is -0.507 e. The summed E-state index contributed by atoms with van der Waals surface area (Å²) in [6.07, 6.45) is 18.2. The lowest BCUT2D eigenvalue weighted by atomic mass is 9.80. The molecular formula is C49H74N4O8. The second-order valence-corrected chi connectivity index (χ2v) is 16.6. The van der Waals surface area contributed by atoms with Gasteiger partial charge in [-0.2, -0.15) is 0 Å². The lowest BCUT2D eigenvalue weighted by molar-refractivity contribution is -0.235. The minimum absolute atomic E-state index is 0.0139. The third-order valence-corrected chi connectivity index (χ3v) is 11.5. The number of methoxy groups -OCH3 is 1. The van der Waals surface area contributed by atoms with Crippen molar-refractivity contribution in [2.75, 3.05) is 32.6 Å². The highest BCUT2D eigenvalue weighted by Gasteiger charge is 2.39. The molecule has 6 atom stereocenters. The molecule has 0 aliphatic carbocycles. The zero-order chi connectivity index (χ0) is 46.6. The first-order chi connectivity index (χ1) is 28.8. The Hall–Kier alpha value is -4.54. The molecule has 1 saturated heterocycles. The summed E-state index contributed by atoms with van der Waals surface area (Å²) in [6, 6.07) is 0. The van der Waals surface area contributed by atoms with E-state index in [1.807, 2.05) is 73.7 Å². The molecule has 0 aromatic heterocycles. The van der Waals surface area contributed by atoms with E-state index in [1.165, 1.54) is 7.11 Å². The normalized spacial score (nSPS) is 26.6. The molecule has 0 saturated carbocycles. The number of allylic oxidation sites excluding steroid dienone is 5. The molecule has 4 unspecified atom stereocenters. The van der Waals surface area contributed by atoms with Gasteiger partial charge in [-0.15, -0.1) is 12.8 Å². The van der Waals surface area contributed by atoms with Crippen LogP contribution in [0, 0.1) is 43.4 Å². The summed E-state index contributed by atoms with van der Waals surface area (Å²) in [7, 11) is 3.45. The summed E-state index contributed by atoms with van der Waals surface area (Å²) in [5.74, 6) is -3.27. The van der Waals surface area contributed by atoms with Crippen LogP contribution < -0.4 is 20.8 Å². The minimum atomic E-state index is -1.41. The fraction of sp³-hybridized carbons (Fsp3) is 0.592. The van der Waals surface area contributed by atoms with Crippen LogP contribution in [-0.4, -0.2) is 87.9 Å². The van der Waals surface area contributed by atoms with E-state index in [9.17, 15) is 30.0 Å². The van der Waals surface area contributed by atoms with Crippen molar-refractivity contribution in [1.82, 2.24) is 4.90 Å². The highest BCUT2D eigenvalue weighted by atomic mass is 16.6. The van der Waals surface area contributed by atoms with Gasteiger partial charge in [0.25, 0.3) is 5.91 Å². The molecular weight excluding hydrogens is 773 g/mol. The Morgan fingerprint density at radius 3 is 2.08 bits per heavy atom. The molecule has 0 radical (unpaired) electrons. The first-order valence-electron chi connectivity index (χ1n) is 21.8. The van der Waals surface area contributed by atoms with Crippen molar-refractivity contribution in [1.29, 1.82) is 0 Å². The smallest absolute Gasteiger partial charge is 0.251 e. The molecule has 3 aliphatic rings. The lowest BCUT2D eigenvalue weighted by Crippen LogP contribution is -2.44. The van der Waals surface area contributed by atoms with E-state index in [0.29, 0.717) is 36.6 Å². The van der Waals surface area contributed by atoms with E-state index >= 15 is 0 Å². The number of likely N-dealkylation sites (tertiary alicyclic amines) is 1. The summed E-state index contributed by atoms with van der Waals surface area (Å²) in [4.78, 5) is 40.6. The number of ketones is 1. The number of anilines is 1. The number of hydrogen-bond acceptors (Lipinski definition) is 11. The number of phenolic OH excluding ortho intramolecular Hbond substituents is 2. The van der Waals surface area contributed by atoms with Crippen LogP contribution in [0.15, 0.2) is 45.9 Å². The Balaban J connectivity index is 0.00000204. The largest absolute Gasteiger partial charge is 0.507 e. The quantitative estimate of drug-likeness (QED) is 0.0890. The molecule has 1 fully saturated rings. The van der Waals surface area contributed by atoms with E-state index in [0.717, 1.165) is 13.1 Å². The number of Topliss-reactive ketones (excluding diaryl/α,β-unsaturated/α-hetero) is 1. The molecule has 3 heterocycles. The summed E-state index contributed by atoms with van der Waals surface area (Å²) in [6.45, 7) is 23.9. The summed E-state index contributed by atoms with van der Waals surface area (Å²) < 4.78 is 11.9. The van der Waals surface area contributed by atoms with Gasteiger partial charge in [-0.3, -0.25) is 19.6 Å². The number of carbonyl (C=O) groups is 2. The highest BCUT2D eigenvalue weighted by molar-refractivity contribution is 6.16. The van der Waals surface area contributed by atoms with Crippen molar-refractivity contribution >= 4 is 28.2 Å². The van der Waals surface area contributed by atoms with Crippen LogP contribution in [0.1, 0.15) is 124 Å². The molecule has 12 heteroatoms. The number of rotatable bonds is 3. The number of nitrogens with one attached hydrogen (secondary N) is 1. The first kappa shape index (κ1) is 52.6. The Kier molecular flexibility index (Phi) is 19.9. The number of piperidine rings is 1. The monoisotopic (exact) mass is 847 g/mol. The van der Waals surface area contributed by atoms with E-state index < -0.39 is 35.3 Å². The predicted molar refractivity (Wildman–Crippen MR) is 246 cm³/mol. The van der Waals surface area contributed by atoms with Crippen LogP contribution >= 0.6 is 0 Å². The van der Waals surface area contributed by atoms with Gasteiger partial charge in [0.15, 0.2) is 23.0 Å². The fourth-order valence-corrected chi connectivity index (χ4v) is 8.29. The van der Waals surface area contributed by atoms with E-state index in [2.05, 4.69) is 30.0 Å². The summed E-state index contributed by atoms with van der Waals surface area (Å²) >= 11 is 0. The van der Waals surface area contributed by atoms with Gasteiger partial charge >= 0.3 is 0 Å². The maximum atomic E-state index is 14.4. The Morgan fingerprint density at radius 1 is 0.918 bits per heavy atom. The molecule has 3 aliphatic heterocycles. The van der Waals surface area contributed by atoms with Crippen LogP contribution in [0.5, 0.6) is 17.2 Å². The van der Waals surface area contributed by atoms with E-state index in [1.54, 1.807) is 39.8 Å². The number of nitrogens with zero attached hydrogens (tertiary/aromatic N) is 3. The number of hydrogen-bond donors (Lipinski definition) is 5. The second kappa shape index (κ2) is 23.1. The number of ether oxygens (including phenoxy) is 2. The number of aliphatic hydroxyl groups is 2. The molecule has 1 spiro atoms. The van der Waals surface area contributed by atoms with Gasteiger partial charge in [0, 0.05) is 54.8 Å². The number of carbonyl (C=O) groups excluding carboxylic acids is 2. The molecule has 1 amide bonds. The van der Waals surface area contributed by atoms with Gasteiger partial charge in [-0.1, -0.05) is 85.8 Å². The van der Waals surface area contributed by atoms with Gasteiger partial charge in [-0.05, 0) is 65.3 Å². The van der Waals surface area contributed by atoms with Crippen LogP contribution in [0.25, 0.3) is 10.8 Å². The Bertz CT molecular complexity index is 2070.